The van der Waals surface area contributed by atoms with Crippen molar-refractivity contribution in [3.63, 3.8) is 0 Å². The molecule has 1 atom stereocenters. The van der Waals surface area contributed by atoms with Gasteiger partial charge in [0.2, 0.25) is 0 Å². The minimum atomic E-state index is -0.0905. The molecule has 3 N–H and O–H groups in total. The summed E-state index contributed by atoms with van der Waals surface area (Å²) in [5, 5.41) is 2.96. The highest BCUT2D eigenvalue weighted by atomic mass is 16.1. The molecule has 4 heteroatoms. The van der Waals surface area contributed by atoms with E-state index in [0.717, 1.165) is 6.54 Å². The van der Waals surface area contributed by atoms with E-state index in [1.165, 1.54) is 5.56 Å². The maximum absolute atomic E-state index is 12.1. The molecule has 0 fully saturated rings. The third-order valence-corrected chi connectivity index (χ3v) is 3.73. The summed E-state index contributed by atoms with van der Waals surface area (Å²) in [5.41, 5.74) is 8.16. The smallest absolute Gasteiger partial charge is 0.251 e. The molecule has 116 valence electrons. The third kappa shape index (κ3) is 4.60. The molecule has 0 aliphatic carbocycles. The Labute approximate surface area is 131 Å². The molecule has 0 heterocycles. The van der Waals surface area contributed by atoms with Crippen LogP contribution in [0.4, 0.5) is 5.69 Å². The van der Waals surface area contributed by atoms with Crippen LogP contribution in [0.3, 0.4) is 0 Å². The second-order valence-electron chi connectivity index (χ2n) is 5.59. The van der Waals surface area contributed by atoms with E-state index in [0.29, 0.717) is 17.8 Å². The van der Waals surface area contributed by atoms with E-state index in [4.69, 9.17) is 5.73 Å². The van der Waals surface area contributed by atoms with Crippen molar-refractivity contribution in [2.75, 3.05) is 19.3 Å². The Morgan fingerprint density at radius 3 is 2.59 bits per heavy atom. The minimum absolute atomic E-state index is 0.0905. The third-order valence-electron chi connectivity index (χ3n) is 3.73. The fourth-order valence-electron chi connectivity index (χ4n) is 2.21. The molecule has 2 rings (SSSR count). The van der Waals surface area contributed by atoms with Crippen molar-refractivity contribution in [2.45, 2.75) is 19.5 Å². The van der Waals surface area contributed by atoms with Gasteiger partial charge < -0.3 is 11.1 Å². The van der Waals surface area contributed by atoms with E-state index in [1.807, 2.05) is 18.2 Å². The number of carbonyl (C=O) groups excluding carboxylic acids is 1. The van der Waals surface area contributed by atoms with Crippen molar-refractivity contribution < 1.29 is 4.79 Å². The highest BCUT2D eigenvalue weighted by Crippen LogP contribution is 2.08. The molecule has 1 amide bonds. The van der Waals surface area contributed by atoms with Crippen molar-refractivity contribution in [3.05, 3.63) is 65.7 Å². The normalized spacial score (nSPS) is 12.1. The van der Waals surface area contributed by atoms with Crippen LogP contribution >= 0.6 is 0 Å². The molecule has 2 aromatic carbocycles. The molecule has 0 spiro atoms. The van der Waals surface area contributed by atoms with Gasteiger partial charge in [-0.1, -0.05) is 36.4 Å². The summed E-state index contributed by atoms with van der Waals surface area (Å²) in [7, 11) is 2.06. The number of carbonyl (C=O) groups is 1. The Kier molecular flexibility index (Phi) is 5.55. The number of likely N-dealkylation sites (N-methyl/N-ethyl adjacent to an activating group) is 1. The Morgan fingerprint density at radius 2 is 1.91 bits per heavy atom. The SMILES string of the molecule is CC(CNC(=O)c1cccc(N)c1)N(C)Cc1ccccc1. The lowest BCUT2D eigenvalue weighted by molar-refractivity contribution is 0.0940. The summed E-state index contributed by atoms with van der Waals surface area (Å²) in [5.74, 6) is -0.0905. The summed E-state index contributed by atoms with van der Waals surface area (Å²) in [6, 6.07) is 17.6. The topological polar surface area (TPSA) is 58.4 Å². The van der Waals surface area contributed by atoms with Gasteiger partial charge in [0.1, 0.15) is 0 Å². The number of rotatable bonds is 6. The van der Waals surface area contributed by atoms with E-state index < -0.39 is 0 Å². The molecule has 0 saturated carbocycles. The van der Waals surface area contributed by atoms with Crippen molar-refractivity contribution in [3.8, 4) is 0 Å². The number of nitrogens with two attached hydrogens (primary N) is 1. The molecule has 0 saturated heterocycles. The van der Waals surface area contributed by atoms with Crippen molar-refractivity contribution >= 4 is 11.6 Å². The highest BCUT2D eigenvalue weighted by Gasteiger charge is 2.12. The number of amides is 1. The first kappa shape index (κ1) is 16.0. The van der Waals surface area contributed by atoms with Gasteiger partial charge in [-0.2, -0.15) is 0 Å². The van der Waals surface area contributed by atoms with E-state index >= 15 is 0 Å². The quantitative estimate of drug-likeness (QED) is 0.806. The number of hydrogen-bond acceptors (Lipinski definition) is 3. The summed E-state index contributed by atoms with van der Waals surface area (Å²) >= 11 is 0. The minimum Gasteiger partial charge on any atom is -0.399 e. The van der Waals surface area contributed by atoms with Gasteiger partial charge >= 0.3 is 0 Å². The van der Waals surface area contributed by atoms with Crippen LogP contribution < -0.4 is 11.1 Å². The molecule has 0 aliphatic rings. The van der Waals surface area contributed by atoms with Crippen molar-refractivity contribution in [1.82, 2.24) is 10.2 Å². The van der Waals surface area contributed by atoms with Crippen LogP contribution in [0.5, 0.6) is 0 Å². The van der Waals surface area contributed by atoms with Gasteiger partial charge in [-0.15, -0.1) is 0 Å². The fourth-order valence-corrected chi connectivity index (χ4v) is 2.21. The van der Waals surface area contributed by atoms with Crippen LogP contribution in [0.1, 0.15) is 22.8 Å². The van der Waals surface area contributed by atoms with E-state index in [-0.39, 0.29) is 11.9 Å². The van der Waals surface area contributed by atoms with Crippen molar-refractivity contribution in [1.29, 1.82) is 0 Å². The van der Waals surface area contributed by atoms with E-state index in [1.54, 1.807) is 24.3 Å². The average molecular weight is 297 g/mol. The number of benzene rings is 2. The number of nitrogen functional groups attached to an aromatic ring is 1. The molecular weight excluding hydrogens is 274 g/mol. The highest BCUT2D eigenvalue weighted by molar-refractivity contribution is 5.94. The van der Waals surface area contributed by atoms with Gasteiger partial charge in [-0.3, -0.25) is 9.69 Å². The zero-order valence-corrected chi connectivity index (χ0v) is 13.1. The lowest BCUT2D eigenvalue weighted by Gasteiger charge is -2.25. The number of nitrogens with one attached hydrogen (secondary N) is 1. The summed E-state index contributed by atoms with van der Waals surface area (Å²) < 4.78 is 0. The van der Waals surface area contributed by atoms with Gasteiger partial charge in [0.05, 0.1) is 0 Å². The van der Waals surface area contributed by atoms with Gasteiger partial charge in [-0.05, 0) is 37.7 Å². The molecule has 22 heavy (non-hydrogen) atoms. The first-order valence-corrected chi connectivity index (χ1v) is 7.44. The molecule has 0 radical (unpaired) electrons. The van der Waals surface area contributed by atoms with E-state index in [9.17, 15) is 4.79 Å². The monoisotopic (exact) mass is 297 g/mol. The maximum Gasteiger partial charge on any atom is 0.251 e. The second kappa shape index (κ2) is 7.61. The van der Waals surface area contributed by atoms with Gasteiger partial charge in [0.15, 0.2) is 0 Å². The van der Waals surface area contributed by atoms with Gasteiger partial charge in [0.25, 0.3) is 5.91 Å². The Hall–Kier alpha value is -2.33. The van der Waals surface area contributed by atoms with Crippen LogP contribution in [-0.2, 0) is 6.54 Å². The standard InChI is InChI=1S/C18H23N3O/c1-14(21(2)13-15-7-4-3-5-8-15)12-20-18(22)16-9-6-10-17(19)11-16/h3-11,14H,12-13,19H2,1-2H3,(H,20,22). The predicted molar refractivity (Wildman–Crippen MR) is 90.6 cm³/mol. The van der Waals surface area contributed by atoms with Crippen LogP contribution in [0.2, 0.25) is 0 Å². The predicted octanol–water partition coefficient (Wildman–Crippen LogP) is 2.52. The second-order valence-corrected chi connectivity index (χ2v) is 5.59. The molecule has 2 aromatic rings. The number of hydrogen-bond donors (Lipinski definition) is 2. The Bertz CT molecular complexity index is 613. The maximum atomic E-state index is 12.1. The van der Waals surface area contributed by atoms with E-state index in [2.05, 4.69) is 36.3 Å². The van der Waals surface area contributed by atoms with Crippen LogP contribution in [0.25, 0.3) is 0 Å². The number of nitrogens with zero attached hydrogens (tertiary/aromatic N) is 1. The Morgan fingerprint density at radius 1 is 1.18 bits per heavy atom. The van der Waals surface area contributed by atoms with Crippen molar-refractivity contribution in [2.24, 2.45) is 0 Å². The van der Waals surface area contributed by atoms with Crippen LogP contribution in [-0.4, -0.2) is 30.4 Å². The molecule has 1 unspecified atom stereocenters. The van der Waals surface area contributed by atoms with Gasteiger partial charge in [-0.25, -0.2) is 0 Å². The fraction of sp³-hybridized carbons (Fsp3) is 0.278. The zero-order valence-electron chi connectivity index (χ0n) is 13.1. The van der Waals surface area contributed by atoms with Crippen LogP contribution in [0.15, 0.2) is 54.6 Å². The molecule has 0 aromatic heterocycles. The molecule has 0 bridgehead atoms. The molecule has 4 nitrogen and oxygen atoms in total. The lowest BCUT2D eigenvalue weighted by atomic mass is 10.1. The first-order chi connectivity index (χ1) is 10.6. The summed E-state index contributed by atoms with van der Waals surface area (Å²) in [6.45, 7) is 3.55. The van der Waals surface area contributed by atoms with Gasteiger partial charge in [0, 0.05) is 30.4 Å². The zero-order chi connectivity index (χ0) is 15.9. The molecular formula is C18H23N3O. The number of anilines is 1. The summed E-state index contributed by atoms with van der Waals surface area (Å²) in [6.07, 6.45) is 0. The summed E-state index contributed by atoms with van der Waals surface area (Å²) in [4.78, 5) is 14.3. The Balaban J connectivity index is 1.84. The average Bonchev–Trinajstić information content (AvgIpc) is 2.53. The van der Waals surface area contributed by atoms with Crippen LogP contribution in [0, 0.1) is 0 Å². The first-order valence-electron chi connectivity index (χ1n) is 7.44. The largest absolute Gasteiger partial charge is 0.399 e. The molecule has 0 aliphatic heterocycles. The lowest BCUT2D eigenvalue weighted by Crippen LogP contribution is -2.39.